The molecule has 2 unspecified atom stereocenters. The molecule has 0 amide bonds. The molecule has 7 heteroatoms. The van der Waals surface area contributed by atoms with Crippen molar-refractivity contribution >= 4 is 0 Å². The van der Waals surface area contributed by atoms with Gasteiger partial charge in [-0.2, -0.15) is 13.2 Å². The second-order valence-corrected chi connectivity index (χ2v) is 9.34. The third kappa shape index (κ3) is 5.12. The Morgan fingerprint density at radius 3 is 2.42 bits per heavy atom. The Kier molecular flexibility index (Phi) is 6.34. The molecule has 1 fully saturated rings. The van der Waals surface area contributed by atoms with Gasteiger partial charge in [-0.3, -0.25) is 0 Å². The SMILES string of the molecule is CCCC1(c2c(O)cc(C(Cc3ccc(C(F)(F)F)cc3)CC3CC3)oc2=O)CC=C(C)O1. The van der Waals surface area contributed by atoms with Crippen LogP contribution in [-0.2, 0) is 22.9 Å². The highest BCUT2D eigenvalue weighted by molar-refractivity contribution is 5.38. The van der Waals surface area contributed by atoms with E-state index in [1.54, 1.807) is 0 Å². The maximum absolute atomic E-state index is 13.1. The Bertz CT molecular complexity index is 1080. The average molecular weight is 463 g/mol. The van der Waals surface area contributed by atoms with Crippen LogP contribution in [0.2, 0.25) is 0 Å². The first-order chi connectivity index (χ1) is 15.6. The van der Waals surface area contributed by atoms with Gasteiger partial charge in [0.25, 0.3) is 0 Å². The van der Waals surface area contributed by atoms with Crippen molar-refractivity contribution in [1.82, 2.24) is 0 Å². The number of ether oxygens (including phenoxy) is 1. The largest absolute Gasteiger partial charge is 0.507 e. The predicted molar refractivity (Wildman–Crippen MR) is 118 cm³/mol. The van der Waals surface area contributed by atoms with E-state index in [0.29, 0.717) is 36.7 Å². The lowest BCUT2D eigenvalue weighted by Gasteiger charge is -2.29. The normalized spacial score (nSPS) is 21.5. The molecule has 2 aromatic rings. The molecule has 33 heavy (non-hydrogen) atoms. The van der Waals surface area contributed by atoms with Crippen LogP contribution in [-0.4, -0.2) is 5.11 Å². The minimum absolute atomic E-state index is 0.140. The molecule has 1 saturated carbocycles. The molecule has 4 rings (SSSR count). The summed E-state index contributed by atoms with van der Waals surface area (Å²) in [5.74, 6) is 1.20. The fraction of sp³-hybridized carbons (Fsp3) is 0.500. The van der Waals surface area contributed by atoms with Gasteiger partial charge >= 0.3 is 11.8 Å². The molecule has 1 N–H and O–H groups in total. The van der Waals surface area contributed by atoms with Crippen molar-refractivity contribution in [2.45, 2.75) is 76.5 Å². The second kappa shape index (κ2) is 8.92. The van der Waals surface area contributed by atoms with Crippen molar-refractivity contribution < 1.29 is 27.4 Å². The van der Waals surface area contributed by atoms with Crippen molar-refractivity contribution in [3.63, 3.8) is 0 Å². The molecule has 1 aromatic carbocycles. The minimum Gasteiger partial charge on any atom is -0.507 e. The van der Waals surface area contributed by atoms with Crippen LogP contribution in [0.3, 0.4) is 0 Å². The summed E-state index contributed by atoms with van der Waals surface area (Å²) in [4.78, 5) is 13.1. The lowest BCUT2D eigenvalue weighted by molar-refractivity contribution is -0.137. The summed E-state index contributed by atoms with van der Waals surface area (Å²) in [5, 5.41) is 10.9. The van der Waals surface area contributed by atoms with Gasteiger partial charge in [0.15, 0.2) is 0 Å². The molecule has 0 spiro atoms. The van der Waals surface area contributed by atoms with Crippen molar-refractivity contribution in [1.29, 1.82) is 0 Å². The summed E-state index contributed by atoms with van der Waals surface area (Å²) >= 11 is 0. The van der Waals surface area contributed by atoms with E-state index >= 15 is 0 Å². The van der Waals surface area contributed by atoms with Gasteiger partial charge in [-0.1, -0.05) is 38.3 Å². The van der Waals surface area contributed by atoms with Gasteiger partial charge in [-0.15, -0.1) is 0 Å². The van der Waals surface area contributed by atoms with E-state index in [-0.39, 0.29) is 17.2 Å². The third-order valence-corrected chi connectivity index (χ3v) is 6.62. The Morgan fingerprint density at radius 2 is 1.91 bits per heavy atom. The number of aromatic hydroxyl groups is 1. The molecule has 2 aliphatic rings. The maximum atomic E-state index is 13.1. The van der Waals surface area contributed by atoms with Gasteiger partial charge in [0.05, 0.1) is 11.3 Å². The molecular weight excluding hydrogens is 433 g/mol. The van der Waals surface area contributed by atoms with Gasteiger partial charge in [0.2, 0.25) is 0 Å². The summed E-state index contributed by atoms with van der Waals surface area (Å²) in [6.45, 7) is 3.81. The molecule has 2 heterocycles. The molecule has 0 saturated heterocycles. The summed E-state index contributed by atoms with van der Waals surface area (Å²) in [5.41, 5.74) is -1.38. The molecule has 1 aliphatic heterocycles. The highest BCUT2D eigenvalue weighted by Gasteiger charge is 2.42. The fourth-order valence-corrected chi connectivity index (χ4v) is 4.83. The van der Waals surface area contributed by atoms with Gasteiger partial charge in [-0.05, 0) is 55.9 Å². The van der Waals surface area contributed by atoms with E-state index in [2.05, 4.69) is 0 Å². The Morgan fingerprint density at radius 1 is 1.21 bits per heavy atom. The summed E-state index contributed by atoms with van der Waals surface area (Å²) in [6, 6.07) is 6.57. The smallest absolute Gasteiger partial charge is 0.416 e. The highest BCUT2D eigenvalue weighted by Crippen LogP contribution is 2.45. The first kappa shape index (κ1) is 23.5. The topological polar surface area (TPSA) is 59.7 Å². The van der Waals surface area contributed by atoms with E-state index in [4.69, 9.17) is 9.15 Å². The lowest BCUT2D eigenvalue weighted by Crippen LogP contribution is -2.32. The fourth-order valence-electron chi connectivity index (χ4n) is 4.83. The van der Waals surface area contributed by atoms with Crippen LogP contribution in [0.5, 0.6) is 5.75 Å². The number of allylic oxidation sites excluding steroid dienone is 1. The Hall–Kier alpha value is -2.70. The monoisotopic (exact) mass is 462 g/mol. The average Bonchev–Trinajstić information content (AvgIpc) is 3.48. The third-order valence-electron chi connectivity index (χ3n) is 6.62. The van der Waals surface area contributed by atoms with Crippen molar-refractivity contribution in [2.24, 2.45) is 5.92 Å². The van der Waals surface area contributed by atoms with E-state index in [1.165, 1.54) is 18.2 Å². The zero-order valence-corrected chi connectivity index (χ0v) is 18.9. The summed E-state index contributed by atoms with van der Waals surface area (Å²) in [7, 11) is 0. The molecular formula is C26H29F3O4. The molecule has 1 aromatic heterocycles. The van der Waals surface area contributed by atoms with Gasteiger partial charge in [0, 0.05) is 18.4 Å². The maximum Gasteiger partial charge on any atom is 0.416 e. The number of hydrogen-bond acceptors (Lipinski definition) is 4. The van der Waals surface area contributed by atoms with Crippen LogP contribution in [0.15, 0.2) is 51.4 Å². The van der Waals surface area contributed by atoms with E-state index < -0.39 is 23.0 Å². The number of hydrogen-bond donors (Lipinski definition) is 1. The highest BCUT2D eigenvalue weighted by atomic mass is 19.4. The summed E-state index contributed by atoms with van der Waals surface area (Å²) in [6.07, 6.45) is 2.67. The van der Waals surface area contributed by atoms with Gasteiger partial charge in [-0.25, -0.2) is 4.79 Å². The number of benzene rings is 1. The van der Waals surface area contributed by atoms with Crippen molar-refractivity contribution in [3.05, 3.63) is 75.0 Å². The molecule has 0 radical (unpaired) electrons. The van der Waals surface area contributed by atoms with Gasteiger partial charge < -0.3 is 14.3 Å². The minimum atomic E-state index is -4.38. The van der Waals surface area contributed by atoms with Crippen LogP contribution in [0.4, 0.5) is 13.2 Å². The second-order valence-electron chi connectivity index (χ2n) is 9.34. The zero-order valence-electron chi connectivity index (χ0n) is 18.9. The van der Waals surface area contributed by atoms with E-state index in [0.717, 1.165) is 43.4 Å². The Balaban J connectivity index is 1.64. The molecule has 4 nitrogen and oxygen atoms in total. The van der Waals surface area contributed by atoms with Crippen LogP contribution >= 0.6 is 0 Å². The number of alkyl halides is 3. The molecule has 2 atom stereocenters. The van der Waals surface area contributed by atoms with E-state index in [9.17, 15) is 23.1 Å². The first-order valence-electron chi connectivity index (χ1n) is 11.5. The zero-order chi connectivity index (χ0) is 23.8. The van der Waals surface area contributed by atoms with Gasteiger partial charge in [0.1, 0.15) is 22.7 Å². The first-order valence-corrected chi connectivity index (χ1v) is 11.5. The van der Waals surface area contributed by atoms with Crippen LogP contribution in [0.25, 0.3) is 0 Å². The van der Waals surface area contributed by atoms with E-state index in [1.807, 2.05) is 19.9 Å². The van der Waals surface area contributed by atoms with Crippen LogP contribution < -0.4 is 5.63 Å². The number of rotatable bonds is 8. The summed E-state index contributed by atoms with van der Waals surface area (Å²) < 4.78 is 50.4. The molecule has 178 valence electrons. The number of halogens is 3. The standard InChI is InChI=1S/C26H29F3O4/c1-3-11-25(12-10-16(2)33-25)23-21(30)15-22(32-24(23)31)19(13-17-4-5-17)14-18-6-8-20(9-7-18)26(27,28)29/h6-10,15,17,19,30H,3-5,11-14H2,1-2H3. The quantitative estimate of drug-likeness (QED) is 0.468. The Labute approximate surface area is 191 Å². The van der Waals surface area contributed by atoms with Crippen molar-refractivity contribution in [2.75, 3.05) is 0 Å². The molecule has 1 aliphatic carbocycles. The van der Waals surface area contributed by atoms with Crippen molar-refractivity contribution in [3.8, 4) is 5.75 Å². The van der Waals surface area contributed by atoms with Crippen LogP contribution in [0, 0.1) is 5.92 Å². The lowest BCUT2D eigenvalue weighted by atomic mass is 9.86. The predicted octanol–water partition coefficient (Wildman–Crippen LogP) is 6.81. The molecule has 0 bridgehead atoms. The van der Waals surface area contributed by atoms with Crippen LogP contribution in [0.1, 0.15) is 80.7 Å².